The molecule has 0 atom stereocenters. The zero-order valence-electron chi connectivity index (χ0n) is 11.5. The third-order valence-electron chi connectivity index (χ3n) is 3.83. The number of carbonyl (C=O) groups is 2. The second-order valence-electron chi connectivity index (χ2n) is 5.11. The number of rotatable bonds is 3. The van der Waals surface area contributed by atoms with E-state index in [1.165, 1.54) is 6.07 Å². The van der Waals surface area contributed by atoms with Crippen LogP contribution in [0.5, 0.6) is 5.75 Å². The van der Waals surface area contributed by atoms with E-state index in [1.54, 1.807) is 17.0 Å². The molecule has 1 aliphatic rings. The molecular weight excluding hydrogens is 258 g/mol. The lowest BCUT2D eigenvalue weighted by atomic mass is 9.96. The second kappa shape index (κ2) is 5.94. The first-order chi connectivity index (χ1) is 9.52. The van der Waals surface area contributed by atoms with Gasteiger partial charge in [0, 0.05) is 13.1 Å². The van der Waals surface area contributed by atoms with E-state index < -0.39 is 5.97 Å². The number of amides is 1. The number of carboxylic acid groups (broad SMARTS) is 1. The van der Waals surface area contributed by atoms with Gasteiger partial charge in [0.25, 0.3) is 5.91 Å². The van der Waals surface area contributed by atoms with Crippen LogP contribution >= 0.6 is 0 Å². The average Bonchev–Trinajstić information content (AvgIpc) is 2.47. The number of hydrogen-bond acceptors (Lipinski definition) is 3. The third-order valence-corrected chi connectivity index (χ3v) is 3.83. The molecule has 1 saturated heterocycles. The van der Waals surface area contributed by atoms with E-state index in [0.717, 1.165) is 12.0 Å². The fraction of sp³-hybridized carbons (Fsp3) is 0.467. The van der Waals surface area contributed by atoms with Crippen molar-refractivity contribution in [2.75, 3.05) is 13.1 Å². The van der Waals surface area contributed by atoms with Crippen molar-refractivity contribution < 1.29 is 19.8 Å². The maximum Gasteiger partial charge on any atom is 0.306 e. The van der Waals surface area contributed by atoms with Crippen LogP contribution < -0.4 is 0 Å². The molecule has 1 aromatic rings. The van der Waals surface area contributed by atoms with Crippen LogP contribution in [0.3, 0.4) is 0 Å². The van der Waals surface area contributed by atoms with Crippen molar-refractivity contribution in [2.24, 2.45) is 5.92 Å². The normalized spacial score (nSPS) is 16.1. The number of carbonyl (C=O) groups excluding carboxylic acids is 1. The standard InChI is InChI=1S/C15H19NO4/c1-2-10-3-4-13(17)12(9-10)14(18)16-7-5-11(6-8-16)15(19)20/h3-4,9,11,17H,2,5-8H2,1H3,(H,19,20). The third kappa shape index (κ3) is 2.92. The summed E-state index contributed by atoms with van der Waals surface area (Å²) in [4.78, 5) is 24.9. The van der Waals surface area contributed by atoms with Crippen LogP contribution in [-0.4, -0.2) is 40.1 Å². The SMILES string of the molecule is CCc1ccc(O)c(C(=O)N2CCC(C(=O)O)CC2)c1. The van der Waals surface area contributed by atoms with Crippen LogP contribution in [0, 0.1) is 5.92 Å². The van der Waals surface area contributed by atoms with E-state index in [9.17, 15) is 14.7 Å². The Morgan fingerprint density at radius 1 is 1.30 bits per heavy atom. The molecule has 2 N–H and O–H groups in total. The largest absolute Gasteiger partial charge is 0.507 e. The highest BCUT2D eigenvalue weighted by molar-refractivity contribution is 5.97. The summed E-state index contributed by atoms with van der Waals surface area (Å²) in [7, 11) is 0. The number of hydrogen-bond donors (Lipinski definition) is 2. The van der Waals surface area contributed by atoms with E-state index in [4.69, 9.17) is 5.11 Å². The number of benzene rings is 1. The van der Waals surface area contributed by atoms with Crippen molar-refractivity contribution >= 4 is 11.9 Å². The molecule has 1 amide bonds. The molecule has 1 aromatic carbocycles. The lowest BCUT2D eigenvalue weighted by Crippen LogP contribution is -2.40. The maximum atomic E-state index is 12.4. The lowest BCUT2D eigenvalue weighted by Gasteiger charge is -2.30. The van der Waals surface area contributed by atoms with Gasteiger partial charge in [-0.25, -0.2) is 0 Å². The molecule has 108 valence electrons. The van der Waals surface area contributed by atoms with Gasteiger partial charge in [-0.05, 0) is 37.0 Å². The Kier molecular flexibility index (Phi) is 4.27. The zero-order valence-corrected chi connectivity index (χ0v) is 11.5. The second-order valence-corrected chi connectivity index (χ2v) is 5.11. The van der Waals surface area contributed by atoms with Gasteiger partial charge in [0.1, 0.15) is 5.75 Å². The van der Waals surface area contributed by atoms with Gasteiger partial charge in [-0.1, -0.05) is 13.0 Å². The zero-order chi connectivity index (χ0) is 14.7. The molecule has 0 radical (unpaired) electrons. The van der Waals surface area contributed by atoms with Gasteiger partial charge < -0.3 is 15.1 Å². The molecule has 0 aliphatic carbocycles. The van der Waals surface area contributed by atoms with Crippen molar-refractivity contribution in [1.82, 2.24) is 4.90 Å². The highest BCUT2D eigenvalue weighted by atomic mass is 16.4. The molecular formula is C15H19NO4. The van der Waals surface area contributed by atoms with Crippen molar-refractivity contribution in [3.8, 4) is 5.75 Å². The van der Waals surface area contributed by atoms with E-state index in [1.807, 2.05) is 6.92 Å². The number of aromatic hydroxyl groups is 1. The van der Waals surface area contributed by atoms with Gasteiger partial charge in [-0.3, -0.25) is 9.59 Å². The first-order valence-electron chi connectivity index (χ1n) is 6.87. The van der Waals surface area contributed by atoms with Crippen LogP contribution in [0.2, 0.25) is 0 Å². The van der Waals surface area contributed by atoms with Crippen molar-refractivity contribution in [1.29, 1.82) is 0 Å². The highest BCUT2D eigenvalue weighted by Crippen LogP contribution is 2.24. The first kappa shape index (κ1) is 14.4. The van der Waals surface area contributed by atoms with Crippen LogP contribution in [0.1, 0.15) is 35.7 Å². The Balaban J connectivity index is 2.11. The topological polar surface area (TPSA) is 77.8 Å². The van der Waals surface area contributed by atoms with Gasteiger partial charge >= 0.3 is 5.97 Å². The summed E-state index contributed by atoms with van der Waals surface area (Å²) < 4.78 is 0. The minimum absolute atomic E-state index is 0.0208. The van der Waals surface area contributed by atoms with E-state index >= 15 is 0 Å². The Morgan fingerprint density at radius 2 is 1.95 bits per heavy atom. The number of phenolic OH excluding ortho intramolecular Hbond substituents is 1. The molecule has 5 nitrogen and oxygen atoms in total. The molecule has 0 bridgehead atoms. The Bertz CT molecular complexity index is 519. The number of likely N-dealkylation sites (tertiary alicyclic amines) is 1. The molecule has 0 aromatic heterocycles. The summed E-state index contributed by atoms with van der Waals surface area (Å²) in [5, 5.41) is 18.8. The number of carboxylic acids is 1. The van der Waals surface area contributed by atoms with Crippen molar-refractivity contribution in [2.45, 2.75) is 26.2 Å². The molecule has 2 rings (SSSR count). The molecule has 0 unspecified atom stereocenters. The number of aryl methyl sites for hydroxylation is 1. The number of nitrogens with zero attached hydrogens (tertiary/aromatic N) is 1. The van der Waals surface area contributed by atoms with Gasteiger partial charge in [0.15, 0.2) is 0 Å². The number of phenols is 1. The summed E-state index contributed by atoms with van der Waals surface area (Å²) in [5.74, 6) is -1.41. The molecule has 1 fully saturated rings. The predicted octanol–water partition coefficient (Wildman–Crippen LogP) is 1.89. The lowest BCUT2D eigenvalue weighted by molar-refractivity contribution is -0.143. The van der Waals surface area contributed by atoms with Gasteiger partial charge in [0.2, 0.25) is 0 Å². The highest BCUT2D eigenvalue weighted by Gasteiger charge is 2.28. The quantitative estimate of drug-likeness (QED) is 0.884. The Morgan fingerprint density at radius 3 is 2.50 bits per heavy atom. The van der Waals surface area contributed by atoms with E-state index in [0.29, 0.717) is 31.5 Å². The summed E-state index contributed by atoms with van der Waals surface area (Å²) >= 11 is 0. The summed E-state index contributed by atoms with van der Waals surface area (Å²) in [5.41, 5.74) is 1.30. The minimum Gasteiger partial charge on any atom is -0.507 e. The van der Waals surface area contributed by atoms with Crippen LogP contribution in [-0.2, 0) is 11.2 Å². The van der Waals surface area contributed by atoms with Gasteiger partial charge in [-0.15, -0.1) is 0 Å². The molecule has 1 aliphatic heterocycles. The van der Waals surface area contributed by atoms with E-state index in [2.05, 4.69) is 0 Å². The fourth-order valence-corrected chi connectivity index (χ4v) is 2.47. The molecule has 0 saturated carbocycles. The summed E-state index contributed by atoms with van der Waals surface area (Å²) in [6.07, 6.45) is 1.73. The monoisotopic (exact) mass is 277 g/mol. The minimum atomic E-state index is -0.798. The molecule has 20 heavy (non-hydrogen) atoms. The molecule has 5 heteroatoms. The maximum absolute atomic E-state index is 12.4. The summed E-state index contributed by atoms with van der Waals surface area (Å²) in [6.45, 7) is 2.83. The Labute approximate surface area is 117 Å². The van der Waals surface area contributed by atoms with Crippen molar-refractivity contribution in [3.63, 3.8) is 0 Å². The van der Waals surface area contributed by atoms with Gasteiger partial charge in [0.05, 0.1) is 11.5 Å². The fourth-order valence-electron chi connectivity index (χ4n) is 2.47. The Hall–Kier alpha value is -2.04. The summed E-state index contributed by atoms with van der Waals surface area (Å²) in [6, 6.07) is 5.04. The molecule has 1 heterocycles. The first-order valence-corrected chi connectivity index (χ1v) is 6.87. The number of aliphatic carboxylic acids is 1. The van der Waals surface area contributed by atoms with Crippen LogP contribution in [0.15, 0.2) is 18.2 Å². The van der Waals surface area contributed by atoms with E-state index in [-0.39, 0.29) is 17.6 Å². The van der Waals surface area contributed by atoms with Crippen LogP contribution in [0.4, 0.5) is 0 Å². The number of piperidine rings is 1. The molecule has 0 spiro atoms. The van der Waals surface area contributed by atoms with Crippen LogP contribution in [0.25, 0.3) is 0 Å². The smallest absolute Gasteiger partial charge is 0.306 e. The van der Waals surface area contributed by atoms with Gasteiger partial charge in [-0.2, -0.15) is 0 Å². The average molecular weight is 277 g/mol. The van der Waals surface area contributed by atoms with Crippen molar-refractivity contribution in [3.05, 3.63) is 29.3 Å². The predicted molar refractivity (Wildman–Crippen MR) is 73.7 cm³/mol.